The van der Waals surface area contributed by atoms with Crippen molar-refractivity contribution in [2.45, 2.75) is 38.5 Å². The van der Waals surface area contributed by atoms with Crippen LogP contribution in [0, 0.1) is 0 Å². The highest BCUT2D eigenvalue weighted by atomic mass is 16.4. The molecule has 24 heavy (non-hydrogen) atoms. The number of hydrogen-bond acceptors (Lipinski definition) is 2. The van der Waals surface area contributed by atoms with Crippen LogP contribution in [0.2, 0.25) is 0 Å². The summed E-state index contributed by atoms with van der Waals surface area (Å²) in [6.45, 7) is 8.30. The summed E-state index contributed by atoms with van der Waals surface area (Å²) in [5.74, 6) is -1.90. The van der Waals surface area contributed by atoms with E-state index < -0.39 is 11.9 Å². The highest BCUT2D eigenvalue weighted by Gasteiger charge is 2.40. The topological polar surface area (TPSA) is 74.6 Å². The molecule has 0 spiro atoms. The molecule has 0 aliphatic heterocycles. The molecule has 0 aromatic heterocycles. The zero-order valence-electron chi connectivity index (χ0n) is 14.3. The van der Waals surface area contributed by atoms with Crippen molar-refractivity contribution in [2.24, 2.45) is 0 Å². The molecule has 0 aliphatic carbocycles. The van der Waals surface area contributed by atoms with E-state index in [0.717, 1.165) is 11.1 Å². The van der Waals surface area contributed by atoms with Crippen LogP contribution in [-0.4, -0.2) is 22.2 Å². The van der Waals surface area contributed by atoms with Crippen molar-refractivity contribution in [3.05, 3.63) is 70.8 Å². The van der Waals surface area contributed by atoms with Crippen molar-refractivity contribution in [1.29, 1.82) is 0 Å². The molecular formula is C20H22O4. The van der Waals surface area contributed by atoms with Crippen molar-refractivity contribution < 1.29 is 19.8 Å². The highest BCUT2D eigenvalue weighted by molar-refractivity contribution is 5.88. The molecule has 0 saturated carbocycles. The second kappa shape index (κ2) is 6.11. The Morgan fingerprint density at radius 1 is 0.708 bits per heavy atom. The average Bonchev–Trinajstić information content (AvgIpc) is 2.54. The summed E-state index contributed by atoms with van der Waals surface area (Å²) < 4.78 is 0. The molecule has 0 fully saturated rings. The molecule has 2 aromatic carbocycles. The Balaban J connectivity index is 2.47. The monoisotopic (exact) mass is 326 g/mol. The number of benzene rings is 2. The van der Waals surface area contributed by atoms with Crippen LogP contribution in [0.25, 0.3) is 0 Å². The van der Waals surface area contributed by atoms with Crippen molar-refractivity contribution in [2.75, 3.05) is 0 Å². The zero-order chi connectivity index (χ0) is 18.1. The van der Waals surface area contributed by atoms with Crippen LogP contribution in [0.1, 0.15) is 59.5 Å². The van der Waals surface area contributed by atoms with Gasteiger partial charge >= 0.3 is 11.9 Å². The Kier molecular flexibility index (Phi) is 4.52. The lowest BCUT2D eigenvalue weighted by molar-refractivity contribution is 0.0686. The van der Waals surface area contributed by atoms with Gasteiger partial charge in [0.05, 0.1) is 11.1 Å². The minimum Gasteiger partial charge on any atom is -0.478 e. The minimum atomic E-state index is -0.951. The maximum Gasteiger partial charge on any atom is 0.335 e. The summed E-state index contributed by atoms with van der Waals surface area (Å²) >= 11 is 0. The van der Waals surface area contributed by atoms with Crippen molar-refractivity contribution in [3.8, 4) is 0 Å². The Bertz CT molecular complexity index is 770. The van der Waals surface area contributed by atoms with Gasteiger partial charge in [-0.25, -0.2) is 9.59 Å². The number of aromatic carboxylic acids is 2. The van der Waals surface area contributed by atoms with Gasteiger partial charge in [-0.15, -0.1) is 0 Å². The van der Waals surface area contributed by atoms with Gasteiger partial charge in [0.15, 0.2) is 0 Å². The largest absolute Gasteiger partial charge is 0.478 e. The van der Waals surface area contributed by atoms with E-state index in [0.29, 0.717) is 0 Å². The number of rotatable bonds is 5. The maximum atomic E-state index is 11.2. The summed E-state index contributed by atoms with van der Waals surface area (Å²) in [6, 6.07) is 13.8. The van der Waals surface area contributed by atoms with Crippen molar-refractivity contribution >= 4 is 11.9 Å². The molecule has 126 valence electrons. The lowest BCUT2D eigenvalue weighted by Gasteiger charge is -2.43. The van der Waals surface area contributed by atoms with Crippen molar-refractivity contribution in [1.82, 2.24) is 0 Å². The number of hydrogen-bond donors (Lipinski definition) is 2. The van der Waals surface area contributed by atoms with E-state index in [1.165, 1.54) is 0 Å². The molecule has 0 radical (unpaired) electrons. The molecule has 0 amide bonds. The van der Waals surface area contributed by atoms with E-state index in [9.17, 15) is 14.7 Å². The third kappa shape index (κ3) is 3.04. The second-order valence-corrected chi connectivity index (χ2v) is 7.02. The second-order valence-electron chi connectivity index (χ2n) is 7.02. The van der Waals surface area contributed by atoms with E-state index in [4.69, 9.17) is 5.11 Å². The number of carboxylic acid groups (broad SMARTS) is 2. The molecule has 0 saturated heterocycles. The van der Waals surface area contributed by atoms with Crippen LogP contribution in [0.3, 0.4) is 0 Å². The fourth-order valence-corrected chi connectivity index (χ4v) is 2.79. The first-order valence-corrected chi connectivity index (χ1v) is 7.75. The molecule has 4 heteroatoms. The Morgan fingerprint density at radius 3 is 1.71 bits per heavy atom. The van der Waals surface area contributed by atoms with Gasteiger partial charge in [0.2, 0.25) is 0 Å². The standard InChI is InChI=1S/C20H22O4/c1-19(2,15-10-8-13(9-11-15)17(21)22)20(3,4)16-7-5-6-14(12-16)18(23)24/h5-12H,1-4H3,(H,21,22)(H,23,24). The van der Waals surface area contributed by atoms with Crippen LogP contribution in [0.5, 0.6) is 0 Å². The lowest BCUT2D eigenvalue weighted by atomic mass is 9.61. The van der Waals surface area contributed by atoms with Crippen molar-refractivity contribution in [3.63, 3.8) is 0 Å². The smallest absolute Gasteiger partial charge is 0.335 e. The molecular weight excluding hydrogens is 304 g/mol. The summed E-state index contributed by atoms with van der Waals surface area (Å²) in [5, 5.41) is 18.3. The fraction of sp³-hybridized carbons (Fsp3) is 0.300. The third-order valence-corrected chi connectivity index (χ3v) is 5.25. The molecule has 2 N–H and O–H groups in total. The minimum absolute atomic E-state index is 0.250. The van der Waals surface area contributed by atoms with Crippen LogP contribution in [0.15, 0.2) is 48.5 Å². The summed E-state index contributed by atoms with van der Waals surface area (Å²) in [6.07, 6.45) is 0. The Hall–Kier alpha value is -2.62. The zero-order valence-corrected chi connectivity index (χ0v) is 14.3. The molecule has 2 aromatic rings. The number of carboxylic acids is 2. The van der Waals surface area contributed by atoms with Gasteiger partial charge in [-0.1, -0.05) is 52.0 Å². The predicted octanol–water partition coefficient (Wildman–Crippen LogP) is 4.34. The van der Waals surface area contributed by atoms with Crippen LogP contribution in [-0.2, 0) is 10.8 Å². The first-order valence-electron chi connectivity index (χ1n) is 7.75. The molecule has 4 nitrogen and oxygen atoms in total. The highest BCUT2D eigenvalue weighted by Crippen LogP contribution is 2.43. The van der Waals surface area contributed by atoms with E-state index in [2.05, 4.69) is 27.7 Å². The van der Waals surface area contributed by atoms with Gasteiger partial charge in [-0.2, -0.15) is 0 Å². The fourth-order valence-electron chi connectivity index (χ4n) is 2.79. The van der Waals surface area contributed by atoms with Gasteiger partial charge in [0, 0.05) is 0 Å². The summed E-state index contributed by atoms with van der Waals surface area (Å²) in [7, 11) is 0. The van der Waals surface area contributed by atoms with Gasteiger partial charge in [-0.3, -0.25) is 0 Å². The third-order valence-electron chi connectivity index (χ3n) is 5.25. The average molecular weight is 326 g/mol. The lowest BCUT2D eigenvalue weighted by Crippen LogP contribution is -2.40. The maximum absolute atomic E-state index is 11.2. The van der Waals surface area contributed by atoms with Gasteiger partial charge < -0.3 is 10.2 Å². The molecule has 0 atom stereocenters. The quantitative estimate of drug-likeness (QED) is 0.857. The van der Waals surface area contributed by atoms with E-state index in [1.54, 1.807) is 30.3 Å². The van der Waals surface area contributed by atoms with E-state index in [-0.39, 0.29) is 22.0 Å². The summed E-state index contributed by atoms with van der Waals surface area (Å²) in [4.78, 5) is 22.3. The van der Waals surface area contributed by atoms with Crippen LogP contribution >= 0.6 is 0 Å². The first-order chi connectivity index (χ1) is 11.1. The van der Waals surface area contributed by atoms with Gasteiger partial charge in [-0.05, 0) is 46.2 Å². The van der Waals surface area contributed by atoms with Gasteiger partial charge in [0.1, 0.15) is 0 Å². The normalized spacial score (nSPS) is 12.0. The molecule has 0 aliphatic rings. The van der Waals surface area contributed by atoms with Gasteiger partial charge in [0.25, 0.3) is 0 Å². The molecule has 0 heterocycles. The molecule has 0 bridgehead atoms. The Morgan fingerprint density at radius 2 is 1.21 bits per heavy atom. The Labute approximate surface area is 141 Å². The first kappa shape index (κ1) is 17.7. The van der Waals surface area contributed by atoms with Crippen LogP contribution in [0.4, 0.5) is 0 Å². The van der Waals surface area contributed by atoms with Crippen LogP contribution < -0.4 is 0 Å². The molecule has 2 rings (SSSR count). The molecule has 0 unspecified atom stereocenters. The van der Waals surface area contributed by atoms with E-state index in [1.807, 2.05) is 18.2 Å². The number of carbonyl (C=O) groups is 2. The predicted molar refractivity (Wildman–Crippen MR) is 92.9 cm³/mol. The SMILES string of the molecule is CC(C)(c1ccc(C(=O)O)cc1)C(C)(C)c1cccc(C(=O)O)c1. The summed E-state index contributed by atoms with van der Waals surface area (Å²) in [5.41, 5.74) is 1.75. The van der Waals surface area contributed by atoms with E-state index >= 15 is 0 Å².